The molecule has 0 aliphatic rings. The normalized spacial score (nSPS) is 11.1. The lowest BCUT2D eigenvalue weighted by Crippen LogP contribution is -2.24. The topological polar surface area (TPSA) is 150 Å². The van der Waals surface area contributed by atoms with Gasteiger partial charge in [-0.25, -0.2) is 4.52 Å². The Hall–Kier alpha value is -4.54. The van der Waals surface area contributed by atoms with Crippen molar-refractivity contribution in [1.82, 2.24) is 19.0 Å². The summed E-state index contributed by atoms with van der Waals surface area (Å²) < 4.78 is 29.2. The van der Waals surface area contributed by atoms with E-state index in [2.05, 4.69) is 15.2 Å². The summed E-state index contributed by atoms with van der Waals surface area (Å²) in [4.78, 5) is 16.0. The van der Waals surface area contributed by atoms with Gasteiger partial charge in [-0.05, 0) is 30.3 Å². The highest BCUT2D eigenvalue weighted by atomic mass is 35.5. The number of halogens is 1. The summed E-state index contributed by atoms with van der Waals surface area (Å²) in [5.41, 5.74) is 1.94. The smallest absolute Gasteiger partial charge is 0.281 e. The Balaban J connectivity index is 0.00000361. The van der Waals surface area contributed by atoms with E-state index in [0.717, 1.165) is 10.5 Å². The summed E-state index contributed by atoms with van der Waals surface area (Å²) in [6, 6.07) is 12.2. The van der Waals surface area contributed by atoms with Crippen LogP contribution in [-0.4, -0.2) is 52.7 Å². The second-order valence-electron chi connectivity index (χ2n) is 7.31. The number of hydrogen-bond donors (Lipinski definition) is 0. The van der Waals surface area contributed by atoms with Crippen LogP contribution in [0.4, 0.5) is 17.1 Å². The molecule has 0 radical (unpaired) electrons. The number of pyridine rings is 2. The lowest BCUT2D eigenvalue weighted by atomic mass is 10.2. The summed E-state index contributed by atoms with van der Waals surface area (Å²) in [6.45, 7) is 0. The fourth-order valence-electron chi connectivity index (χ4n) is 3.32. The molecule has 184 valence electrons. The highest BCUT2D eigenvalue weighted by Crippen LogP contribution is 2.34. The average molecular weight is 527 g/mol. The van der Waals surface area contributed by atoms with Gasteiger partial charge >= 0.3 is 0 Å². The highest BCUT2D eigenvalue weighted by Gasteiger charge is 2.28. The van der Waals surface area contributed by atoms with Crippen LogP contribution in [0.25, 0.3) is 5.52 Å². The van der Waals surface area contributed by atoms with Gasteiger partial charge < -0.3 is 4.90 Å². The number of nitriles is 1. The zero-order chi connectivity index (χ0) is 25.2. The number of anilines is 2. The van der Waals surface area contributed by atoms with Gasteiger partial charge in [0.2, 0.25) is 0 Å². The van der Waals surface area contributed by atoms with Crippen LogP contribution < -0.4 is 4.90 Å². The van der Waals surface area contributed by atoms with Crippen LogP contribution >= 0.6 is 12.4 Å². The molecule has 0 saturated carbocycles. The summed E-state index contributed by atoms with van der Waals surface area (Å²) in [7, 11) is -1.43. The van der Waals surface area contributed by atoms with Gasteiger partial charge in [0, 0.05) is 56.1 Å². The number of hydrazone groups is 1. The summed E-state index contributed by atoms with van der Waals surface area (Å²) in [5, 5.41) is 28.7. The average Bonchev–Trinajstić information content (AvgIpc) is 3.28. The fourth-order valence-corrected chi connectivity index (χ4v) is 4.52. The standard InChI is InChI=1S/C22H18N8O4S.ClH/c1-27(18-5-8-24-9-6-18)20-4-3-19(30(31)32)12-22(20)35(33,34)28(2)25-14-17-15-26-29-10-7-16(13-23)11-21(17)29;/h3-12,14-15H,1-2H3;1H. The number of non-ortho nitro benzene ring substituents is 1. The van der Waals surface area contributed by atoms with E-state index in [1.165, 1.54) is 36.1 Å². The predicted molar refractivity (Wildman–Crippen MR) is 135 cm³/mol. The maximum absolute atomic E-state index is 13.5. The van der Waals surface area contributed by atoms with Gasteiger partial charge in [-0.3, -0.25) is 15.1 Å². The highest BCUT2D eigenvalue weighted by molar-refractivity contribution is 7.89. The van der Waals surface area contributed by atoms with Crippen LogP contribution in [0.2, 0.25) is 0 Å². The van der Waals surface area contributed by atoms with Gasteiger partial charge in [0.25, 0.3) is 15.7 Å². The monoisotopic (exact) mass is 526 g/mol. The third-order valence-electron chi connectivity index (χ3n) is 5.23. The number of hydrogen-bond acceptors (Lipinski definition) is 9. The van der Waals surface area contributed by atoms with Crippen molar-refractivity contribution in [3.05, 3.63) is 88.5 Å². The molecule has 12 nitrogen and oxygen atoms in total. The van der Waals surface area contributed by atoms with E-state index in [0.29, 0.717) is 22.3 Å². The maximum Gasteiger partial charge on any atom is 0.281 e. The van der Waals surface area contributed by atoms with E-state index in [4.69, 9.17) is 5.26 Å². The van der Waals surface area contributed by atoms with Gasteiger partial charge in [0.1, 0.15) is 4.90 Å². The molecule has 3 aromatic heterocycles. The van der Waals surface area contributed by atoms with Gasteiger partial charge in [0.05, 0.1) is 40.2 Å². The number of nitrogens with zero attached hydrogens (tertiary/aromatic N) is 8. The van der Waals surface area contributed by atoms with Crippen LogP contribution in [0.1, 0.15) is 11.1 Å². The molecule has 0 spiro atoms. The maximum atomic E-state index is 13.5. The number of nitro benzene ring substituents is 1. The molecule has 0 N–H and O–H groups in total. The molecule has 4 rings (SSSR count). The molecule has 3 heterocycles. The van der Waals surface area contributed by atoms with Crippen molar-refractivity contribution in [3.63, 3.8) is 0 Å². The Kier molecular flexibility index (Phi) is 7.52. The van der Waals surface area contributed by atoms with Crippen molar-refractivity contribution in [2.75, 3.05) is 19.0 Å². The Labute approximate surface area is 212 Å². The Morgan fingerprint density at radius 3 is 2.56 bits per heavy atom. The van der Waals surface area contributed by atoms with Crippen LogP contribution in [0.3, 0.4) is 0 Å². The lowest BCUT2D eigenvalue weighted by Gasteiger charge is -2.23. The third kappa shape index (κ3) is 4.95. The van der Waals surface area contributed by atoms with Gasteiger partial charge in [0.15, 0.2) is 0 Å². The van der Waals surface area contributed by atoms with Gasteiger partial charge in [-0.2, -0.15) is 28.3 Å². The van der Waals surface area contributed by atoms with Crippen LogP contribution in [0.15, 0.2) is 77.2 Å². The summed E-state index contributed by atoms with van der Waals surface area (Å²) in [6.07, 6.45) is 7.49. The van der Waals surface area contributed by atoms with E-state index < -0.39 is 14.9 Å². The minimum Gasteiger partial charge on any atom is -0.343 e. The molecular formula is C22H19ClN8O4S. The fraction of sp³-hybridized carbons (Fsp3) is 0.0909. The Bertz CT molecular complexity index is 1600. The zero-order valence-electron chi connectivity index (χ0n) is 19.0. The van der Waals surface area contributed by atoms with Crippen molar-refractivity contribution in [3.8, 4) is 6.07 Å². The number of aromatic nitrogens is 3. The molecule has 1 aromatic carbocycles. The minimum atomic E-state index is -4.30. The first-order valence-corrected chi connectivity index (χ1v) is 11.5. The molecule has 0 atom stereocenters. The van der Waals surface area contributed by atoms with E-state index in [-0.39, 0.29) is 28.7 Å². The predicted octanol–water partition coefficient (Wildman–Crippen LogP) is 3.35. The molecule has 0 aliphatic carbocycles. The second-order valence-corrected chi connectivity index (χ2v) is 9.23. The molecular weight excluding hydrogens is 508 g/mol. The number of rotatable bonds is 7. The molecule has 4 aromatic rings. The molecule has 0 unspecified atom stereocenters. The molecule has 0 bridgehead atoms. The molecule has 36 heavy (non-hydrogen) atoms. The lowest BCUT2D eigenvalue weighted by molar-refractivity contribution is -0.385. The SMILES string of the molecule is CN(c1ccncc1)c1ccc([N+](=O)[O-])cc1S(=O)(=O)N(C)N=Cc1cnn2ccc(C#N)cc12.Cl. The largest absolute Gasteiger partial charge is 0.343 e. The summed E-state index contributed by atoms with van der Waals surface area (Å²) >= 11 is 0. The minimum absolute atomic E-state index is 0. The first-order valence-electron chi connectivity index (χ1n) is 10.0. The molecule has 14 heteroatoms. The number of fused-ring (bicyclic) bond motifs is 1. The number of nitro groups is 1. The van der Waals surface area contributed by atoms with E-state index in [9.17, 15) is 18.5 Å². The quantitative estimate of drug-likeness (QED) is 0.202. The summed E-state index contributed by atoms with van der Waals surface area (Å²) in [5.74, 6) is 0. The molecule has 0 saturated heterocycles. The second kappa shape index (κ2) is 10.4. The van der Waals surface area contributed by atoms with Crippen molar-refractivity contribution >= 4 is 51.2 Å². The van der Waals surface area contributed by atoms with Crippen molar-refractivity contribution in [1.29, 1.82) is 5.26 Å². The van der Waals surface area contributed by atoms with Crippen LogP contribution in [-0.2, 0) is 10.0 Å². The van der Waals surface area contributed by atoms with Gasteiger partial charge in [-0.1, -0.05) is 0 Å². The number of benzene rings is 1. The Morgan fingerprint density at radius 1 is 1.17 bits per heavy atom. The van der Waals surface area contributed by atoms with Crippen molar-refractivity contribution < 1.29 is 13.3 Å². The first kappa shape index (κ1) is 26.1. The third-order valence-corrected chi connectivity index (χ3v) is 6.90. The first-order chi connectivity index (χ1) is 16.7. The van der Waals surface area contributed by atoms with Gasteiger partial charge in [-0.15, -0.1) is 12.4 Å². The molecule has 0 fully saturated rings. The number of sulfonamides is 1. The van der Waals surface area contributed by atoms with Crippen LogP contribution in [0, 0.1) is 21.4 Å². The van der Waals surface area contributed by atoms with E-state index in [1.807, 2.05) is 6.07 Å². The molecule has 0 aliphatic heterocycles. The van der Waals surface area contributed by atoms with E-state index in [1.54, 1.807) is 54.8 Å². The zero-order valence-corrected chi connectivity index (χ0v) is 20.6. The Morgan fingerprint density at radius 2 is 1.89 bits per heavy atom. The van der Waals surface area contributed by atoms with Crippen molar-refractivity contribution in [2.24, 2.45) is 5.10 Å². The molecule has 0 amide bonds. The van der Waals surface area contributed by atoms with Crippen LogP contribution in [0.5, 0.6) is 0 Å². The van der Waals surface area contributed by atoms with E-state index >= 15 is 0 Å². The van der Waals surface area contributed by atoms with Crippen molar-refractivity contribution in [2.45, 2.75) is 4.90 Å².